The number of carbonyl (C=O) groups is 4. The lowest BCUT2D eigenvalue weighted by atomic mass is 9.44. The third-order valence-electron chi connectivity index (χ3n) is 11.1. The molecule has 1 saturated heterocycles. The first-order valence-electron chi connectivity index (χ1n) is 17.0. The van der Waals surface area contributed by atoms with Crippen LogP contribution >= 0.6 is 11.6 Å². The van der Waals surface area contributed by atoms with Crippen molar-refractivity contribution in [1.29, 1.82) is 0 Å². The maximum absolute atomic E-state index is 15.1. The van der Waals surface area contributed by atoms with Gasteiger partial charge in [-0.3, -0.25) is 24.1 Å². The highest BCUT2D eigenvalue weighted by Gasteiger charge is 2.66. The number of imide groups is 1. The lowest BCUT2D eigenvalue weighted by Crippen LogP contribution is -2.58. The maximum atomic E-state index is 15.1. The molecule has 1 saturated carbocycles. The van der Waals surface area contributed by atoms with Gasteiger partial charge in [0.1, 0.15) is 0 Å². The topological polar surface area (TPSA) is 101 Å². The number of aromatic hydroxyl groups is 1. The van der Waals surface area contributed by atoms with E-state index >= 15 is 9.59 Å². The summed E-state index contributed by atoms with van der Waals surface area (Å²) in [5, 5.41) is 11.2. The molecular formula is C42H34ClNO6. The van der Waals surface area contributed by atoms with Crippen LogP contribution in [0.2, 0.25) is 5.02 Å². The number of hydrogen-bond acceptors (Lipinski definition) is 6. The molecule has 0 spiro atoms. The largest absolute Gasteiger partial charge is 0.504 e. The molecule has 0 radical (unpaired) electrons. The molecule has 50 heavy (non-hydrogen) atoms. The summed E-state index contributed by atoms with van der Waals surface area (Å²) in [7, 11) is 0. The minimum Gasteiger partial charge on any atom is -0.504 e. The van der Waals surface area contributed by atoms with E-state index < -0.39 is 35.0 Å². The van der Waals surface area contributed by atoms with Gasteiger partial charge in [0.2, 0.25) is 11.8 Å². The van der Waals surface area contributed by atoms with Crippen LogP contribution in [0.25, 0.3) is 5.57 Å². The van der Waals surface area contributed by atoms with E-state index in [0.29, 0.717) is 46.0 Å². The van der Waals surface area contributed by atoms with E-state index in [1.54, 1.807) is 42.5 Å². The molecule has 3 aliphatic carbocycles. The smallest absolute Gasteiger partial charge is 0.238 e. The number of ether oxygens (including phenoxy) is 1. The number of anilines is 1. The summed E-state index contributed by atoms with van der Waals surface area (Å²) in [4.78, 5) is 59.9. The van der Waals surface area contributed by atoms with Crippen LogP contribution in [0.1, 0.15) is 42.4 Å². The highest BCUT2D eigenvalue weighted by atomic mass is 35.5. The van der Waals surface area contributed by atoms with E-state index in [9.17, 15) is 14.7 Å². The quantitative estimate of drug-likeness (QED) is 0.167. The first-order chi connectivity index (χ1) is 24.2. The van der Waals surface area contributed by atoms with Crippen LogP contribution in [0.4, 0.5) is 5.69 Å². The van der Waals surface area contributed by atoms with Crippen LogP contribution in [0.5, 0.6) is 11.5 Å². The summed E-state index contributed by atoms with van der Waals surface area (Å²) in [6.07, 6.45) is 4.03. The fraction of sp³-hybridized carbons (Fsp3) is 0.238. The number of carbonyl (C=O) groups excluding carboxylic acids is 4. The molecule has 1 N–H and O–H groups in total. The fourth-order valence-electron chi connectivity index (χ4n) is 9.08. The van der Waals surface area contributed by atoms with E-state index in [0.717, 1.165) is 5.57 Å². The highest BCUT2D eigenvalue weighted by molar-refractivity contribution is 6.32. The number of benzene rings is 4. The van der Waals surface area contributed by atoms with Gasteiger partial charge in [-0.1, -0.05) is 90.0 Å². The molecule has 8 heteroatoms. The van der Waals surface area contributed by atoms with Crippen LogP contribution in [0.15, 0.2) is 121 Å². The summed E-state index contributed by atoms with van der Waals surface area (Å²) in [6.45, 7) is 2.13. The van der Waals surface area contributed by atoms with Gasteiger partial charge in [0.15, 0.2) is 23.1 Å². The zero-order valence-corrected chi connectivity index (χ0v) is 28.0. The van der Waals surface area contributed by atoms with Crippen LogP contribution in [0, 0.1) is 23.7 Å². The number of phenolic OH excluding ortho intramolecular Hbond substituents is 1. The molecule has 1 aliphatic heterocycles. The molecular weight excluding hydrogens is 650 g/mol. The third-order valence-corrected chi connectivity index (χ3v) is 11.3. The number of phenols is 1. The first kappa shape index (κ1) is 32.0. The van der Waals surface area contributed by atoms with Crippen LogP contribution in [-0.4, -0.2) is 35.1 Å². The molecule has 0 unspecified atom stereocenters. The molecule has 7 nitrogen and oxygen atoms in total. The molecule has 4 aromatic rings. The predicted octanol–water partition coefficient (Wildman–Crippen LogP) is 7.47. The van der Waals surface area contributed by atoms with Crippen molar-refractivity contribution < 1.29 is 29.0 Å². The maximum Gasteiger partial charge on any atom is 0.238 e. The van der Waals surface area contributed by atoms with Crippen molar-refractivity contribution in [3.8, 4) is 11.5 Å². The Kier molecular flexibility index (Phi) is 7.83. The van der Waals surface area contributed by atoms with Crippen LogP contribution in [0.3, 0.4) is 0 Å². The number of halogens is 1. The lowest BCUT2D eigenvalue weighted by molar-refractivity contribution is -0.135. The minimum absolute atomic E-state index is 0.0431. The van der Waals surface area contributed by atoms with Crippen molar-refractivity contribution >= 4 is 46.2 Å². The second-order valence-electron chi connectivity index (χ2n) is 13.4. The van der Waals surface area contributed by atoms with Crippen molar-refractivity contribution in [3.05, 3.63) is 143 Å². The number of amides is 2. The van der Waals surface area contributed by atoms with Crippen molar-refractivity contribution in [2.24, 2.45) is 23.7 Å². The summed E-state index contributed by atoms with van der Waals surface area (Å²) >= 11 is 6.14. The number of allylic oxidation sites excluding steroid dienone is 4. The molecule has 0 bridgehead atoms. The number of rotatable bonds is 6. The third kappa shape index (κ3) is 4.71. The van der Waals surface area contributed by atoms with Gasteiger partial charge >= 0.3 is 0 Å². The van der Waals surface area contributed by atoms with Gasteiger partial charge in [0.05, 0.1) is 29.5 Å². The van der Waals surface area contributed by atoms with Crippen molar-refractivity contribution in [2.45, 2.75) is 31.1 Å². The second kappa shape index (κ2) is 12.3. The summed E-state index contributed by atoms with van der Waals surface area (Å²) < 4.78 is 5.83. The molecule has 8 rings (SSSR count). The average molecular weight is 684 g/mol. The molecule has 2 amide bonds. The Bertz CT molecular complexity index is 2110. The monoisotopic (exact) mass is 683 g/mol. The van der Waals surface area contributed by atoms with Crippen LogP contribution < -0.4 is 9.64 Å². The number of hydrogen-bond donors (Lipinski definition) is 1. The fourth-order valence-corrected chi connectivity index (χ4v) is 9.20. The van der Waals surface area contributed by atoms with E-state index in [4.69, 9.17) is 16.3 Å². The molecule has 6 atom stereocenters. The lowest BCUT2D eigenvalue weighted by Gasteiger charge is -2.55. The Morgan fingerprint density at radius 3 is 2.26 bits per heavy atom. The van der Waals surface area contributed by atoms with Gasteiger partial charge in [-0.25, -0.2) is 0 Å². The van der Waals surface area contributed by atoms with Crippen LogP contribution in [-0.2, 0) is 24.6 Å². The number of Topliss-reactive ketones (excluding diaryl/α,β-unsaturated/α-hetero) is 1. The second-order valence-corrected chi connectivity index (χ2v) is 13.9. The summed E-state index contributed by atoms with van der Waals surface area (Å²) in [5.41, 5.74) is 2.28. The normalized spacial score (nSPS) is 27.2. The van der Waals surface area contributed by atoms with E-state index in [2.05, 4.69) is 0 Å². The van der Waals surface area contributed by atoms with E-state index in [1.807, 2.05) is 73.7 Å². The van der Waals surface area contributed by atoms with Gasteiger partial charge in [-0.2, -0.15) is 0 Å². The molecule has 4 aromatic carbocycles. The highest BCUT2D eigenvalue weighted by Crippen LogP contribution is 2.64. The Morgan fingerprint density at radius 2 is 1.56 bits per heavy atom. The van der Waals surface area contributed by atoms with Gasteiger partial charge in [-0.15, -0.1) is 0 Å². The standard InChI is InChI=1S/C42H34ClNO6/c1-2-50-35-21-25(13-20-34(35)45)38-29-18-19-30-37(41(49)44(40(30)48)28-16-14-27(43)15-17-28)32(29)22-33-39(47)31(24-9-5-3-6-10-24)23-36(46)42(33,38)26-11-7-4-8-12-26/h3-18,20-21,23,30,32-33,37-38,45H,2,19,22H2,1H3/t30-,32+,33-,37-,38-,42-/m0/s1. The molecule has 250 valence electrons. The summed E-state index contributed by atoms with van der Waals surface area (Å²) in [6, 6.07) is 30.3. The Morgan fingerprint density at radius 1 is 0.860 bits per heavy atom. The van der Waals surface area contributed by atoms with Gasteiger partial charge in [0.25, 0.3) is 0 Å². The van der Waals surface area contributed by atoms with E-state index in [1.165, 1.54) is 11.0 Å². The number of ketones is 2. The Hall–Kier alpha value is -5.27. The number of nitrogens with zero attached hydrogens (tertiary/aromatic N) is 1. The van der Waals surface area contributed by atoms with Crippen molar-refractivity contribution in [1.82, 2.24) is 0 Å². The SMILES string of the molecule is CCOc1cc([C@H]2C3=CC[C@@H]4C(=O)N(c5ccc(Cl)cc5)C(=O)[C@@H]4[C@@H]3C[C@H]3C(=O)C(c4ccccc4)=CC(=O)[C@@]23c2ccccc2)ccc1O. The first-order valence-corrected chi connectivity index (χ1v) is 17.3. The Labute approximate surface area is 294 Å². The zero-order valence-electron chi connectivity index (χ0n) is 27.3. The number of fused-ring (bicyclic) bond motifs is 4. The van der Waals surface area contributed by atoms with Gasteiger partial charge in [0, 0.05) is 22.4 Å². The molecule has 4 aliphatic rings. The molecule has 0 aromatic heterocycles. The van der Waals surface area contributed by atoms with Gasteiger partial charge in [-0.05, 0) is 84.8 Å². The molecule has 2 fully saturated rings. The Balaban J connectivity index is 1.36. The minimum atomic E-state index is -1.37. The van der Waals surface area contributed by atoms with E-state index in [-0.39, 0.29) is 41.3 Å². The predicted molar refractivity (Wildman–Crippen MR) is 190 cm³/mol. The zero-order chi connectivity index (χ0) is 34.7. The summed E-state index contributed by atoms with van der Waals surface area (Å²) in [5.74, 6) is -4.19. The average Bonchev–Trinajstić information content (AvgIpc) is 3.40. The van der Waals surface area contributed by atoms with Crippen molar-refractivity contribution in [2.75, 3.05) is 11.5 Å². The van der Waals surface area contributed by atoms with Crippen molar-refractivity contribution in [3.63, 3.8) is 0 Å². The molecule has 1 heterocycles. The van der Waals surface area contributed by atoms with Gasteiger partial charge < -0.3 is 9.84 Å².